The van der Waals surface area contributed by atoms with Gasteiger partial charge >= 0.3 is 0 Å². The molecule has 1 heterocycles. The van der Waals surface area contributed by atoms with E-state index in [2.05, 4.69) is 5.32 Å². The number of amides is 2. The molecule has 1 aliphatic heterocycles. The van der Waals surface area contributed by atoms with Crippen LogP contribution in [-0.4, -0.2) is 18.4 Å². The SMILES string of the molecule is CCCOc1cccc(NC2=C(c3ccc(C)cc3)C(=O)N(c3ccc(C)cc3C)C2=O)c1. The van der Waals surface area contributed by atoms with E-state index in [1.165, 1.54) is 4.90 Å². The van der Waals surface area contributed by atoms with Gasteiger partial charge in [-0.05, 0) is 56.5 Å². The second-order valence-electron chi connectivity index (χ2n) is 8.35. The quantitative estimate of drug-likeness (QED) is 0.472. The number of anilines is 2. The fourth-order valence-corrected chi connectivity index (χ4v) is 3.94. The lowest BCUT2D eigenvalue weighted by atomic mass is 10.0. The Bertz CT molecular complexity index is 1240. The van der Waals surface area contributed by atoms with Gasteiger partial charge in [0.15, 0.2) is 0 Å². The molecule has 33 heavy (non-hydrogen) atoms. The van der Waals surface area contributed by atoms with Gasteiger partial charge in [0.2, 0.25) is 0 Å². The fourth-order valence-electron chi connectivity index (χ4n) is 3.94. The highest BCUT2D eigenvalue weighted by molar-refractivity contribution is 6.46. The summed E-state index contributed by atoms with van der Waals surface area (Å²) in [6.45, 7) is 8.54. The highest BCUT2D eigenvalue weighted by Crippen LogP contribution is 2.35. The number of aryl methyl sites for hydroxylation is 3. The first-order chi connectivity index (χ1) is 15.9. The van der Waals surface area contributed by atoms with Gasteiger partial charge in [0.05, 0.1) is 17.9 Å². The van der Waals surface area contributed by atoms with Gasteiger partial charge in [-0.3, -0.25) is 9.59 Å². The lowest BCUT2D eigenvalue weighted by Crippen LogP contribution is -2.33. The number of benzene rings is 3. The van der Waals surface area contributed by atoms with Crippen LogP contribution in [0.1, 0.15) is 35.6 Å². The van der Waals surface area contributed by atoms with E-state index in [0.717, 1.165) is 23.1 Å². The first kappa shape index (κ1) is 22.3. The van der Waals surface area contributed by atoms with Crippen LogP contribution in [0, 0.1) is 20.8 Å². The molecule has 0 fully saturated rings. The molecule has 3 aromatic rings. The minimum absolute atomic E-state index is 0.261. The van der Waals surface area contributed by atoms with Crippen LogP contribution in [0.15, 0.2) is 72.4 Å². The Labute approximate surface area is 194 Å². The number of hydrogen-bond donors (Lipinski definition) is 1. The maximum Gasteiger partial charge on any atom is 0.282 e. The van der Waals surface area contributed by atoms with Crippen LogP contribution in [0.3, 0.4) is 0 Å². The molecular weight excluding hydrogens is 412 g/mol. The zero-order chi connectivity index (χ0) is 23.5. The molecule has 0 saturated heterocycles. The van der Waals surface area contributed by atoms with Crippen LogP contribution >= 0.6 is 0 Å². The third-order valence-electron chi connectivity index (χ3n) is 5.59. The maximum atomic E-state index is 13.6. The molecule has 0 atom stereocenters. The van der Waals surface area contributed by atoms with Gasteiger partial charge in [-0.15, -0.1) is 0 Å². The van der Waals surface area contributed by atoms with Gasteiger partial charge in [0.1, 0.15) is 11.4 Å². The van der Waals surface area contributed by atoms with Crippen molar-refractivity contribution in [3.05, 3.63) is 94.7 Å². The van der Waals surface area contributed by atoms with Crippen molar-refractivity contribution in [2.45, 2.75) is 34.1 Å². The summed E-state index contributed by atoms with van der Waals surface area (Å²) in [5.74, 6) is 0.00134. The monoisotopic (exact) mass is 440 g/mol. The normalized spacial score (nSPS) is 13.6. The Morgan fingerprint density at radius 2 is 1.58 bits per heavy atom. The molecule has 5 nitrogen and oxygen atoms in total. The molecule has 2 amide bonds. The maximum absolute atomic E-state index is 13.6. The summed E-state index contributed by atoms with van der Waals surface area (Å²) in [6, 6.07) is 20.8. The summed E-state index contributed by atoms with van der Waals surface area (Å²) in [5.41, 5.74) is 5.63. The van der Waals surface area contributed by atoms with Gasteiger partial charge in [0, 0.05) is 11.8 Å². The van der Waals surface area contributed by atoms with E-state index in [9.17, 15) is 9.59 Å². The highest BCUT2D eigenvalue weighted by Gasteiger charge is 2.40. The Balaban J connectivity index is 1.78. The Morgan fingerprint density at radius 1 is 0.848 bits per heavy atom. The van der Waals surface area contributed by atoms with Gasteiger partial charge in [-0.2, -0.15) is 0 Å². The Morgan fingerprint density at radius 3 is 2.27 bits per heavy atom. The topological polar surface area (TPSA) is 58.6 Å². The zero-order valence-corrected chi connectivity index (χ0v) is 19.4. The number of carbonyl (C=O) groups is 2. The van der Waals surface area contributed by atoms with Crippen LogP contribution < -0.4 is 15.0 Å². The summed E-state index contributed by atoms with van der Waals surface area (Å²) in [6.07, 6.45) is 0.901. The zero-order valence-electron chi connectivity index (χ0n) is 19.4. The Hall–Kier alpha value is -3.86. The number of nitrogens with zero attached hydrogens (tertiary/aromatic N) is 1. The van der Waals surface area contributed by atoms with E-state index in [-0.39, 0.29) is 17.5 Å². The molecule has 3 aromatic carbocycles. The van der Waals surface area contributed by atoms with E-state index in [4.69, 9.17) is 4.74 Å². The predicted octanol–water partition coefficient (Wildman–Crippen LogP) is 5.80. The van der Waals surface area contributed by atoms with Crippen molar-refractivity contribution in [1.82, 2.24) is 0 Å². The molecule has 5 heteroatoms. The summed E-state index contributed by atoms with van der Waals surface area (Å²) in [5, 5.41) is 3.22. The van der Waals surface area contributed by atoms with E-state index >= 15 is 0 Å². The highest BCUT2D eigenvalue weighted by atomic mass is 16.5. The molecule has 168 valence electrons. The van der Waals surface area contributed by atoms with E-state index in [0.29, 0.717) is 34.9 Å². The molecule has 0 unspecified atom stereocenters. The van der Waals surface area contributed by atoms with Gasteiger partial charge in [-0.1, -0.05) is 60.5 Å². The van der Waals surface area contributed by atoms with Gasteiger partial charge < -0.3 is 10.1 Å². The summed E-state index contributed by atoms with van der Waals surface area (Å²) < 4.78 is 5.73. The second kappa shape index (κ2) is 9.33. The minimum atomic E-state index is -0.373. The molecule has 4 rings (SSSR count). The van der Waals surface area contributed by atoms with Crippen molar-refractivity contribution >= 4 is 28.8 Å². The molecule has 0 bridgehead atoms. The molecule has 1 aliphatic rings. The molecule has 0 radical (unpaired) electrons. The molecule has 0 aliphatic carbocycles. The van der Waals surface area contributed by atoms with Crippen molar-refractivity contribution in [3.8, 4) is 5.75 Å². The smallest absolute Gasteiger partial charge is 0.282 e. The standard InChI is InChI=1S/C28H28N2O3/c1-5-15-33-23-8-6-7-22(17-23)29-26-25(21-12-9-18(2)10-13-21)27(31)30(28(26)32)24-14-11-19(3)16-20(24)4/h6-14,16-17,29H,5,15H2,1-4H3. The number of ether oxygens (including phenoxy) is 1. The Kier molecular flexibility index (Phi) is 6.31. The molecule has 0 aromatic heterocycles. The van der Waals surface area contributed by atoms with Gasteiger partial charge in [0.25, 0.3) is 11.8 Å². The van der Waals surface area contributed by atoms with Crippen LogP contribution in [-0.2, 0) is 9.59 Å². The summed E-state index contributed by atoms with van der Waals surface area (Å²) in [7, 11) is 0. The second-order valence-corrected chi connectivity index (χ2v) is 8.35. The molecule has 0 spiro atoms. The van der Waals surface area contributed by atoms with E-state index < -0.39 is 0 Å². The van der Waals surface area contributed by atoms with Crippen molar-refractivity contribution < 1.29 is 14.3 Å². The average molecular weight is 441 g/mol. The van der Waals surface area contributed by atoms with Gasteiger partial charge in [-0.25, -0.2) is 4.90 Å². The summed E-state index contributed by atoms with van der Waals surface area (Å²) >= 11 is 0. The van der Waals surface area contributed by atoms with Crippen molar-refractivity contribution in [3.63, 3.8) is 0 Å². The van der Waals surface area contributed by atoms with Crippen LogP contribution in [0.2, 0.25) is 0 Å². The van der Waals surface area contributed by atoms with E-state index in [1.807, 2.05) is 94.4 Å². The van der Waals surface area contributed by atoms with E-state index in [1.54, 1.807) is 0 Å². The van der Waals surface area contributed by atoms with Crippen molar-refractivity contribution in [1.29, 1.82) is 0 Å². The van der Waals surface area contributed by atoms with Crippen LogP contribution in [0.5, 0.6) is 5.75 Å². The number of nitrogens with one attached hydrogen (secondary N) is 1. The number of imide groups is 1. The molecular formula is C28H28N2O3. The molecule has 0 saturated carbocycles. The first-order valence-electron chi connectivity index (χ1n) is 11.2. The van der Waals surface area contributed by atoms with Crippen LogP contribution in [0.4, 0.5) is 11.4 Å². The third-order valence-corrected chi connectivity index (χ3v) is 5.59. The first-order valence-corrected chi connectivity index (χ1v) is 11.2. The average Bonchev–Trinajstić information content (AvgIpc) is 3.03. The number of carbonyl (C=O) groups excluding carboxylic acids is 2. The fraction of sp³-hybridized carbons (Fsp3) is 0.214. The largest absolute Gasteiger partial charge is 0.494 e. The lowest BCUT2D eigenvalue weighted by Gasteiger charge is -2.18. The third kappa shape index (κ3) is 4.53. The lowest BCUT2D eigenvalue weighted by molar-refractivity contribution is -0.120. The summed E-state index contributed by atoms with van der Waals surface area (Å²) in [4.78, 5) is 28.5. The predicted molar refractivity (Wildman–Crippen MR) is 132 cm³/mol. The van der Waals surface area contributed by atoms with Crippen molar-refractivity contribution in [2.24, 2.45) is 0 Å². The van der Waals surface area contributed by atoms with Crippen LogP contribution in [0.25, 0.3) is 5.57 Å². The number of hydrogen-bond acceptors (Lipinski definition) is 4. The number of rotatable bonds is 7. The van der Waals surface area contributed by atoms with Crippen molar-refractivity contribution in [2.75, 3.05) is 16.8 Å². The minimum Gasteiger partial charge on any atom is -0.494 e. The molecule has 1 N–H and O–H groups in total.